The second kappa shape index (κ2) is 7.45. The van der Waals surface area contributed by atoms with Gasteiger partial charge in [0.15, 0.2) is 6.61 Å². The maximum Gasteiger partial charge on any atom is 0.312 e. The van der Waals surface area contributed by atoms with E-state index in [4.69, 9.17) is 13.6 Å². The number of hydrogen-bond acceptors (Lipinski definition) is 9. The van der Waals surface area contributed by atoms with Crippen molar-refractivity contribution in [3.63, 3.8) is 0 Å². The molecular formula is C18H15N3O4S2. The summed E-state index contributed by atoms with van der Waals surface area (Å²) in [6.07, 6.45) is 0.0989. The monoisotopic (exact) mass is 401 g/mol. The lowest BCUT2D eigenvalue weighted by Crippen LogP contribution is -2.08. The number of thiophene rings is 1. The predicted molar refractivity (Wildman–Crippen MR) is 100 cm³/mol. The summed E-state index contributed by atoms with van der Waals surface area (Å²) in [6, 6.07) is 3.83. The van der Waals surface area contributed by atoms with E-state index >= 15 is 0 Å². The van der Waals surface area contributed by atoms with Crippen molar-refractivity contribution in [2.75, 3.05) is 0 Å². The summed E-state index contributed by atoms with van der Waals surface area (Å²) in [6.45, 7) is 3.59. The van der Waals surface area contributed by atoms with Crippen LogP contribution < -0.4 is 0 Å². The summed E-state index contributed by atoms with van der Waals surface area (Å²) in [5.74, 6) is 1.64. The Morgan fingerprint density at radius 2 is 2.11 bits per heavy atom. The van der Waals surface area contributed by atoms with Crippen LogP contribution in [0.4, 0.5) is 0 Å². The zero-order valence-electron chi connectivity index (χ0n) is 14.6. The molecule has 0 fully saturated rings. The number of thiazole rings is 1. The molecule has 0 N–H and O–H groups in total. The average molecular weight is 401 g/mol. The largest absolute Gasteiger partial charge is 0.466 e. The van der Waals surface area contributed by atoms with Crippen LogP contribution in [0, 0.1) is 13.8 Å². The van der Waals surface area contributed by atoms with E-state index in [0.717, 1.165) is 21.9 Å². The number of rotatable bonds is 6. The van der Waals surface area contributed by atoms with Gasteiger partial charge in [0.25, 0.3) is 11.8 Å². The first-order valence-corrected chi connectivity index (χ1v) is 9.93. The molecule has 0 aromatic carbocycles. The van der Waals surface area contributed by atoms with Crippen LogP contribution in [-0.2, 0) is 22.6 Å². The van der Waals surface area contributed by atoms with Crippen molar-refractivity contribution < 1.29 is 18.4 Å². The summed E-state index contributed by atoms with van der Waals surface area (Å²) < 4.78 is 16.2. The van der Waals surface area contributed by atoms with Crippen LogP contribution >= 0.6 is 22.7 Å². The zero-order chi connectivity index (χ0) is 18.8. The molecule has 7 nitrogen and oxygen atoms in total. The Balaban J connectivity index is 1.34. The van der Waals surface area contributed by atoms with Crippen molar-refractivity contribution in [3.05, 3.63) is 51.4 Å². The van der Waals surface area contributed by atoms with Gasteiger partial charge in [-0.2, -0.15) is 11.3 Å². The van der Waals surface area contributed by atoms with Crippen molar-refractivity contribution >= 4 is 28.6 Å². The minimum atomic E-state index is -0.396. The Kier molecular flexibility index (Phi) is 4.87. The molecule has 4 aromatic heterocycles. The normalized spacial score (nSPS) is 11.0. The fourth-order valence-electron chi connectivity index (χ4n) is 2.51. The summed E-state index contributed by atoms with van der Waals surface area (Å²) in [4.78, 5) is 16.5. The molecule has 0 saturated carbocycles. The van der Waals surface area contributed by atoms with Gasteiger partial charge < -0.3 is 13.6 Å². The highest BCUT2D eigenvalue weighted by Crippen LogP contribution is 2.27. The number of ether oxygens (including phenoxy) is 1. The summed E-state index contributed by atoms with van der Waals surface area (Å²) in [5.41, 5.74) is 2.48. The third-order valence-corrected chi connectivity index (χ3v) is 5.36. The topological polar surface area (TPSA) is 91.2 Å². The van der Waals surface area contributed by atoms with Crippen molar-refractivity contribution in [2.24, 2.45) is 0 Å². The lowest BCUT2D eigenvalue weighted by molar-refractivity contribution is -0.144. The predicted octanol–water partition coefficient (Wildman–Crippen LogP) is 4.42. The van der Waals surface area contributed by atoms with Crippen LogP contribution in [0.15, 0.2) is 37.1 Å². The molecule has 0 aliphatic carbocycles. The Hall–Kier alpha value is -2.78. The van der Waals surface area contributed by atoms with Crippen molar-refractivity contribution in [1.29, 1.82) is 0 Å². The summed E-state index contributed by atoms with van der Waals surface area (Å²) in [5, 5.41) is 14.7. The van der Waals surface area contributed by atoms with Gasteiger partial charge in [0.1, 0.15) is 16.5 Å². The van der Waals surface area contributed by atoms with E-state index in [1.807, 2.05) is 42.1 Å². The van der Waals surface area contributed by atoms with Gasteiger partial charge >= 0.3 is 5.97 Å². The van der Waals surface area contributed by atoms with Crippen molar-refractivity contribution in [3.8, 4) is 22.0 Å². The second-order valence-corrected chi connectivity index (χ2v) is 7.46. The number of hydrogen-bond donors (Lipinski definition) is 0. The third-order valence-electron chi connectivity index (χ3n) is 3.74. The smallest absolute Gasteiger partial charge is 0.312 e. The fourth-order valence-corrected chi connectivity index (χ4v) is 4.04. The van der Waals surface area contributed by atoms with Gasteiger partial charge in [-0.15, -0.1) is 21.5 Å². The molecule has 0 radical (unpaired) electrons. The highest BCUT2D eigenvalue weighted by atomic mass is 32.1. The standard InChI is InChI=1S/C18H15N3O4S2/c1-10-5-14(11(2)24-10)17-21-20-15(25-17)7-23-16(22)6-13-9-27-18(19-13)12-3-4-26-8-12/h3-5,8-9H,6-7H2,1-2H3. The molecule has 4 heterocycles. The van der Waals surface area contributed by atoms with E-state index in [-0.39, 0.29) is 18.9 Å². The lowest BCUT2D eigenvalue weighted by Gasteiger charge is -1.99. The van der Waals surface area contributed by atoms with E-state index in [0.29, 0.717) is 17.3 Å². The Morgan fingerprint density at radius 3 is 2.85 bits per heavy atom. The first-order valence-electron chi connectivity index (χ1n) is 8.11. The molecule has 0 aliphatic heterocycles. The number of aromatic nitrogens is 3. The Labute approximate surface area is 162 Å². The lowest BCUT2D eigenvalue weighted by atomic mass is 10.2. The third kappa shape index (κ3) is 3.99. The van der Waals surface area contributed by atoms with Crippen LogP contribution in [0.5, 0.6) is 0 Å². The van der Waals surface area contributed by atoms with E-state index < -0.39 is 5.97 Å². The highest BCUT2D eigenvalue weighted by Gasteiger charge is 2.16. The van der Waals surface area contributed by atoms with Crippen LogP contribution in [0.25, 0.3) is 22.0 Å². The van der Waals surface area contributed by atoms with Crippen LogP contribution in [0.3, 0.4) is 0 Å². The SMILES string of the molecule is Cc1cc(-c2nnc(COC(=O)Cc3csc(-c4ccsc4)n3)o2)c(C)o1. The molecule has 138 valence electrons. The van der Waals surface area contributed by atoms with E-state index in [1.165, 1.54) is 11.3 Å². The van der Waals surface area contributed by atoms with Gasteiger partial charge in [-0.05, 0) is 31.4 Å². The van der Waals surface area contributed by atoms with Gasteiger partial charge in [0, 0.05) is 16.3 Å². The quantitative estimate of drug-likeness (QED) is 0.442. The molecule has 27 heavy (non-hydrogen) atoms. The van der Waals surface area contributed by atoms with E-state index in [1.54, 1.807) is 11.3 Å². The van der Waals surface area contributed by atoms with Gasteiger partial charge in [0.2, 0.25) is 0 Å². The number of esters is 1. The number of furan rings is 1. The first kappa shape index (κ1) is 17.6. The molecule has 4 aromatic rings. The molecule has 0 spiro atoms. The first-order chi connectivity index (χ1) is 13.1. The number of aryl methyl sites for hydroxylation is 2. The van der Waals surface area contributed by atoms with Crippen LogP contribution in [-0.4, -0.2) is 21.2 Å². The maximum atomic E-state index is 12.1. The van der Waals surface area contributed by atoms with Gasteiger partial charge in [0.05, 0.1) is 17.7 Å². The number of nitrogens with zero attached hydrogens (tertiary/aromatic N) is 3. The van der Waals surface area contributed by atoms with E-state index in [9.17, 15) is 4.79 Å². The number of carbonyl (C=O) groups excluding carboxylic acids is 1. The molecule has 0 bridgehead atoms. The molecule has 0 atom stereocenters. The van der Waals surface area contributed by atoms with Gasteiger partial charge in [-0.1, -0.05) is 0 Å². The fraction of sp³-hybridized carbons (Fsp3) is 0.222. The molecular weight excluding hydrogens is 386 g/mol. The van der Waals surface area contributed by atoms with Gasteiger partial charge in [-0.3, -0.25) is 4.79 Å². The summed E-state index contributed by atoms with van der Waals surface area (Å²) >= 11 is 3.12. The molecule has 0 saturated heterocycles. The molecule has 4 rings (SSSR count). The minimum Gasteiger partial charge on any atom is -0.466 e. The van der Waals surface area contributed by atoms with Crippen LogP contribution in [0.2, 0.25) is 0 Å². The van der Waals surface area contributed by atoms with E-state index in [2.05, 4.69) is 15.2 Å². The van der Waals surface area contributed by atoms with Crippen molar-refractivity contribution in [2.45, 2.75) is 26.9 Å². The van der Waals surface area contributed by atoms with Crippen molar-refractivity contribution in [1.82, 2.24) is 15.2 Å². The molecule has 9 heteroatoms. The van der Waals surface area contributed by atoms with Crippen LogP contribution in [0.1, 0.15) is 23.1 Å². The highest BCUT2D eigenvalue weighted by molar-refractivity contribution is 7.14. The molecule has 0 unspecified atom stereocenters. The minimum absolute atomic E-state index is 0.0801. The maximum absolute atomic E-state index is 12.1. The zero-order valence-corrected chi connectivity index (χ0v) is 16.2. The summed E-state index contributed by atoms with van der Waals surface area (Å²) in [7, 11) is 0. The molecule has 0 aliphatic rings. The van der Waals surface area contributed by atoms with Gasteiger partial charge in [-0.25, -0.2) is 4.98 Å². The average Bonchev–Trinajstić information content (AvgIpc) is 3.40. The molecule has 0 amide bonds. The Bertz CT molecular complexity index is 1060. The second-order valence-electron chi connectivity index (χ2n) is 5.82. The Morgan fingerprint density at radius 1 is 1.22 bits per heavy atom. The number of carbonyl (C=O) groups is 1.